The molecule has 134 valence electrons. The standard InChI is InChI=1S/C15H20F3N3O3/c1-3-9(4-2)21-6-5-12(19-21)13(22)20-7-10(14(23)24)11(8-20)15(16,17)18/h5-6,9-11H,3-4,7-8H2,1-2H3,(H,23,24)/t10-,11-/m1/s1. The molecule has 0 aromatic carbocycles. The number of aliphatic carboxylic acids is 1. The summed E-state index contributed by atoms with van der Waals surface area (Å²) < 4.78 is 40.6. The van der Waals surface area contributed by atoms with Gasteiger partial charge in [-0.25, -0.2) is 0 Å². The minimum atomic E-state index is -4.66. The van der Waals surface area contributed by atoms with Gasteiger partial charge in [0, 0.05) is 19.3 Å². The van der Waals surface area contributed by atoms with E-state index in [0.29, 0.717) is 0 Å². The number of alkyl halides is 3. The smallest absolute Gasteiger partial charge is 0.394 e. The summed E-state index contributed by atoms with van der Waals surface area (Å²) in [5.41, 5.74) is 0.0360. The van der Waals surface area contributed by atoms with Gasteiger partial charge in [-0.2, -0.15) is 18.3 Å². The van der Waals surface area contributed by atoms with E-state index in [1.807, 2.05) is 13.8 Å². The predicted molar refractivity (Wildman–Crippen MR) is 78.4 cm³/mol. The zero-order valence-corrected chi connectivity index (χ0v) is 13.5. The second kappa shape index (κ2) is 6.82. The molecule has 1 fully saturated rings. The van der Waals surface area contributed by atoms with Crippen LogP contribution in [0.5, 0.6) is 0 Å². The maximum absolute atomic E-state index is 13.0. The number of amides is 1. The quantitative estimate of drug-likeness (QED) is 0.888. The number of nitrogens with zero attached hydrogens (tertiary/aromatic N) is 3. The number of rotatable bonds is 5. The third-order valence-electron chi connectivity index (χ3n) is 4.49. The maximum Gasteiger partial charge on any atom is 0.394 e. The lowest BCUT2D eigenvalue weighted by molar-refractivity contribution is -0.187. The molecule has 1 saturated heterocycles. The molecule has 0 spiro atoms. The molecule has 6 nitrogen and oxygen atoms in total. The van der Waals surface area contributed by atoms with Crippen molar-refractivity contribution in [3.8, 4) is 0 Å². The molecule has 9 heteroatoms. The van der Waals surface area contributed by atoms with Crippen LogP contribution in [0.1, 0.15) is 43.2 Å². The van der Waals surface area contributed by atoms with Crippen molar-refractivity contribution in [2.24, 2.45) is 11.8 Å². The van der Waals surface area contributed by atoms with E-state index < -0.39 is 43.0 Å². The summed E-state index contributed by atoms with van der Waals surface area (Å²) in [6, 6.07) is 1.57. The summed E-state index contributed by atoms with van der Waals surface area (Å²) in [6.45, 7) is 2.83. The van der Waals surface area contributed by atoms with Crippen molar-refractivity contribution in [2.75, 3.05) is 13.1 Å². The van der Waals surface area contributed by atoms with E-state index in [-0.39, 0.29) is 11.7 Å². The second-order valence-corrected chi connectivity index (χ2v) is 5.95. The van der Waals surface area contributed by atoms with Gasteiger partial charge in [0.25, 0.3) is 5.91 Å². The Bertz CT molecular complexity index is 611. The minimum Gasteiger partial charge on any atom is -0.481 e. The van der Waals surface area contributed by atoms with Crippen LogP contribution in [-0.2, 0) is 4.79 Å². The van der Waals surface area contributed by atoms with E-state index in [9.17, 15) is 22.8 Å². The van der Waals surface area contributed by atoms with E-state index in [1.165, 1.54) is 6.07 Å². The van der Waals surface area contributed by atoms with Gasteiger partial charge in [-0.05, 0) is 18.9 Å². The number of carbonyl (C=O) groups is 2. The summed E-state index contributed by atoms with van der Waals surface area (Å²) in [7, 11) is 0. The summed E-state index contributed by atoms with van der Waals surface area (Å²) in [4.78, 5) is 24.4. The van der Waals surface area contributed by atoms with Crippen molar-refractivity contribution < 1.29 is 27.9 Å². The lowest BCUT2D eigenvalue weighted by Crippen LogP contribution is -2.34. The lowest BCUT2D eigenvalue weighted by atomic mass is 9.96. The molecule has 2 rings (SSSR count). The molecule has 1 amide bonds. The zero-order chi connectivity index (χ0) is 18.1. The Kier molecular flexibility index (Phi) is 5.19. The first-order chi connectivity index (χ1) is 11.2. The zero-order valence-electron chi connectivity index (χ0n) is 13.5. The van der Waals surface area contributed by atoms with Crippen molar-refractivity contribution in [2.45, 2.75) is 38.9 Å². The molecular formula is C15H20F3N3O3. The largest absolute Gasteiger partial charge is 0.481 e. The molecule has 1 aliphatic rings. The van der Waals surface area contributed by atoms with Crippen LogP contribution in [0, 0.1) is 11.8 Å². The number of hydrogen-bond acceptors (Lipinski definition) is 3. The number of carboxylic acid groups (broad SMARTS) is 1. The van der Waals surface area contributed by atoms with Crippen LogP contribution in [0.3, 0.4) is 0 Å². The third kappa shape index (κ3) is 3.54. The van der Waals surface area contributed by atoms with Crippen molar-refractivity contribution >= 4 is 11.9 Å². The molecule has 1 N–H and O–H groups in total. The highest BCUT2D eigenvalue weighted by Crippen LogP contribution is 2.38. The fourth-order valence-electron chi connectivity index (χ4n) is 3.03. The molecule has 2 heterocycles. The molecule has 0 saturated carbocycles. The molecule has 0 radical (unpaired) electrons. The molecule has 1 aliphatic heterocycles. The van der Waals surface area contributed by atoms with E-state index in [2.05, 4.69) is 5.10 Å². The number of hydrogen-bond donors (Lipinski definition) is 1. The summed E-state index contributed by atoms with van der Waals surface area (Å²) in [6.07, 6.45) is -1.41. The number of aromatic nitrogens is 2. The number of likely N-dealkylation sites (tertiary alicyclic amines) is 1. The monoisotopic (exact) mass is 347 g/mol. The highest BCUT2D eigenvalue weighted by atomic mass is 19.4. The molecule has 0 aliphatic carbocycles. The normalized spacial score (nSPS) is 21.5. The first-order valence-electron chi connectivity index (χ1n) is 7.82. The van der Waals surface area contributed by atoms with Gasteiger partial charge < -0.3 is 10.0 Å². The van der Waals surface area contributed by atoms with E-state index in [0.717, 1.165) is 17.7 Å². The summed E-state index contributed by atoms with van der Waals surface area (Å²) in [5.74, 6) is -5.91. The topological polar surface area (TPSA) is 75.4 Å². The number of carbonyl (C=O) groups excluding carboxylic acids is 1. The van der Waals surface area contributed by atoms with Crippen molar-refractivity contribution in [1.29, 1.82) is 0 Å². The third-order valence-corrected chi connectivity index (χ3v) is 4.49. The fourth-order valence-corrected chi connectivity index (χ4v) is 3.03. The Morgan fingerprint density at radius 1 is 1.33 bits per heavy atom. The fraction of sp³-hybridized carbons (Fsp3) is 0.667. The van der Waals surface area contributed by atoms with Gasteiger partial charge in [0.15, 0.2) is 0 Å². The van der Waals surface area contributed by atoms with Crippen LogP contribution < -0.4 is 0 Å². The van der Waals surface area contributed by atoms with Crippen LogP contribution in [-0.4, -0.2) is 50.9 Å². The van der Waals surface area contributed by atoms with Crippen molar-refractivity contribution in [3.63, 3.8) is 0 Å². The average Bonchev–Trinajstić information content (AvgIpc) is 3.14. The first kappa shape index (κ1) is 18.3. The van der Waals surface area contributed by atoms with Gasteiger partial charge in [-0.1, -0.05) is 13.8 Å². The van der Waals surface area contributed by atoms with Crippen LogP contribution in [0.25, 0.3) is 0 Å². The number of carboxylic acids is 1. The lowest BCUT2D eigenvalue weighted by Gasteiger charge is -2.18. The van der Waals surface area contributed by atoms with Crippen LogP contribution in [0.15, 0.2) is 12.3 Å². The van der Waals surface area contributed by atoms with Crippen LogP contribution in [0.4, 0.5) is 13.2 Å². The molecule has 2 atom stereocenters. The Morgan fingerprint density at radius 2 is 1.96 bits per heavy atom. The molecule has 0 unspecified atom stereocenters. The Morgan fingerprint density at radius 3 is 2.42 bits per heavy atom. The van der Waals surface area contributed by atoms with E-state index in [1.54, 1.807) is 10.9 Å². The summed E-state index contributed by atoms with van der Waals surface area (Å²) >= 11 is 0. The Hall–Kier alpha value is -2.06. The molecule has 24 heavy (non-hydrogen) atoms. The van der Waals surface area contributed by atoms with Gasteiger partial charge in [0.05, 0.1) is 17.9 Å². The van der Waals surface area contributed by atoms with Gasteiger partial charge in [-0.3, -0.25) is 14.3 Å². The Balaban J connectivity index is 2.17. The second-order valence-electron chi connectivity index (χ2n) is 5.95. The molecule has 0 bridgehead atoms. The van der Waals surface area contributed by atoms with Crippen LogP contribution >= 0.6 is 0 Å². The minimum absolute atomic E-state index is 0.0360. The van der Waals surface area contributed by atoms with Crippen molar-refractivity contribution in [3.05, 3.63) is 18.0 Å². The van der Waals surface area contributed by atoms with E-state index >= 15 is 0 Å². The number of halogens is 3. The van der Waals surface area contributed by atoms with Gasteiger partial charge in [0.2, 0.25) is 0 Å². The van der Waals surface area contributed by atoms with Crippen molar-refractivity contribution in [1.82, 2.24) is 14.7 Å². The highest BCUT2D eigenvalue weighted by Gasteiger charge is 2.53. The SMILES string of the molecule is CCC(CC)n1ccc(C(=O)N2C[C@@H](C(F)(F)F)[C@H](C(=O)O)C2)n1. The maximum atomic E-state index is 13.0. The van der Waals surface area contributed by atoms with Gasteiger partial charge >= 0.3 is 12.1 Å². The van der Waals surface area contributed by atoms with Crippen LogP contribution in [0.2, 0.25) is 0 Å². The first-order valence-corrected chi connectivity index (χ1v) is 7.82. The van der Waals surface area contributed by atoms with Gasteiger partial charge in [-0.15, -0.1) is 0 Å². The molecule has 1 aromatic rings. The predicted octanol–water partition coefficient (Wildman–Crippen LogP) is 2.58. The molecule has 1 aromatic heterocycles. The highest BCUT2D eigenvalue weighted by molar-refractivity contribution is 5.93. The van der Waals surface area contributed by atoms with Gasteiger partial charge in [0.1, 0.15) is 5.69 Å². The summed E-state index contributed by atoms with van der Waals surface area (Å²) in [5, 5.41) is 13.2. The van der Waals surface area contributed by atoms with E-state index in [4.69, 9.17) is 5.11 Å². The molecular weight excluding hydrogens is 327 g/mol. The Labute approximate surface area is 137 Å². The average molecular weight is 347 g/mol.